The van der Waals surface area contributed by atoms with Crippen molar-refractivity contribution in [2.24, 2.45) is 12.0 Å². The summed E-state index contributed by atoms with van der Waals surface area (Å²) in [6, 6.07) is 6.07. The van der Waals surface area contributed by atoms with Gasteiger partial charge in [0.05, 0.1) is 5.69 Å². The number of hydrogen-bond donors (Lipinski definition) is 3. The van der Waals surface area contributed by atoms with E-state index in [1.165, 1.54) is 18.2 Å². The minimum Gasteiger partial charge on any atom is -0.350 e. The van der Waals surface area contributed by atoms with E-state index < -0.39 is 0 Å². The van der Waals surface area contributed by atoms with Crippen LogP contribution in [0.3, 0.4) is 0 Å². The first-order valence-corrected chi connectivity index (χ1v) is 13.5. The molecule has 3 heterocycles. The van der Waals surface area contributed by atoms with E-state index in [0.29, 0.717) is 0 Å². The Morgan fingerprint density at radius 3 is 1.78 bits per heavy atom. The van der Waals surface area contributed by atoms with Crippen LogP contribution in [0.5, 0.6) is 0 Å². The van der Waals surface area contributed by atoms with Gasteiger partial charge in [0, 0.05) is 80.3 Å². The molecular formula is C31H43N7O3. The van der Waals surface area contributed by atoms with Crippen molar-refractivity contribution in [3.8, 4) is 0 Å². The third kappa shape index (κ3) is 17.6. The fourth-order valence-electron chi connectivity index (χ4n) is 2.98. The molecule has 10 nitrogen and oxygen atoms in total. The standard InChI is InChI=1S/C11H14N2O.C10H15N3O.C10H14N2O/c1-9(2)13-11(14)7-6-10-5-3-4-8-12-10;1-8(2)12-10(14)5-4-9-11-6-7-13(9)3;1-8(2)12-10(13)6-5-9-4-3-7-11-9/h3-9H,1-2H3,(H,13,14);4-8H,1-3H3,(H,12,14);3,5-8H,4H2,1-2H3,(H,12,13)/b7-6+;5-4+;6-5+. The molecule has 2 aromatic heterocycles. The van der Waals surface area contributed by atoms with Gasteiger partial charge in [-0.25, -0.2) is 4.98 Å². The average Bonchev–Trinajstić information content (AvgIpc) is 3.57. The zero-order valence-corrected chi connectivity index (χ0v) is 25.0. The Labute approximate surface area is 243 Å². The van der Waals surface area contributed by atoms with Gasteiger partial charge in [0.2, 0.25) is 17.7 Å². The first-order chi connectivity index (χ1) is 19.5. The summed E-state index contributed by atoms with van der Waals surface area (Å²) in [5.41, 5.74) is 1.71. The minimum absolute atomic E-state index is 0.0652. The van der Waals surface area contributed by atoms with Crippen LogP contribution in [-0.4, -0.2) is 56.1 Å². The van der Waals surface area contributed by atoms with Crippen LogP contribution in [0.2, 0.25) is 0 Å². The maximum Gasteiger partial charge on any atom is 0.244 e. The van der Waals surface area contributed by atoms with Gasteiger partial charge in [0.1, 0.15) is 5.82 Å². The Kier molecular flexibility index (Phi) is 16.3. The highest BCUT2D eigenvalue weighted by molar-refractivity contribution is 6.02. The predicted molar refractivity (Wildman–Crippen MR) is 166 cm³/mol. The summed E-state index contributed by atoms with van der Waals surface area (Å²) in [6.07, 6.45) is 19.4. The molecule has 0 fully saturated rings. The number of allylic oxidation sites excluding steroid dienone is 2. The zero-order valence-electron chi connectivity index (χ0n) is 25.0. The van der Waals surface area contributed by atoms with Crippen molar-refractivity contribution in [1.29, 1.82) is 0 Å². The van der Waals surface area contributed by atoms with Crippen LogP contribution in [-0.2, 0) is 21.4 Å². The van der Waals surface area contributed by atoms with Crippen LogP contribution in [0.25, 0.3) is 12.2 Å². The van der Waals surface area contributed by atoms with Crippen molar-refractivity contribution in [2.75, 3.05) is 0 Å². The lowest BCUT2D eigenvalue weighted by Crippen LogP contribution is -2.28. The molecule has 10 heteroatoms. The Morgan fingerprint density at radius 1 is 0.780 bits per heavy atom. The van der Waals surface area contributed by atoms with E-state index in [1.807, 2.05) is 83.6 Å². The van der Waals surface area contributed by atoms with E-state index in [9.17, 15) is 14.4 Å². The van der Waals surface area contributed by atoms with Gasteiger partial charge in [0.25, 0.3) is 0 Å². The van der Waals surface area contributed by atoms with Gasteiger partial charge in [0.15, 0.2) is 0 Å². The van der Waals surface area contributed by atoms with Crippen molar-refractivity contribution in [3.05, 3.63) is 84.9 Å². The first kappa shape index (κ1) is 34.4. The summed E-state index contributed by atoms with van der Waals surface area (Å²) in [5.74, 6) is 0.516. The lowest BCUT2D eigenvalue weighted by molar-refractivity contribution is -0.117. The molecule has 0 unspecified atom stereocenters. The number of carbonyl (C=O) groups is 3. The maximum absolute atomic E-state index is 11.2. The number of aryl methyl sites for hydroxylation is 1. The van der Waals surface area contributed by atoms with Gasteiger partial charge in [-0.1, -0.05) is 12.1 Å². The highest BCUT2D eigenvalue weighted by Gasteiger charge is 2.01. The van der Waals surface area contributed by atoms with Gasteiger partial charge in [-0.05, 0) is 71.9 Å². The largest absolute Gasteiger partial charge is 0.350 e. The number of amides is 3. The molecule has 0 bridgehead atoms. The van der Waals surface area contributed by atoms with Crippen molar-refractivity contribution >= 4 is 35.6 Å². The number of hydrogen-bond acceptors (Lipinski definition) is 6. The number of aromatic nitrogens is 3. The van der Waals surface area contributed by atoms with E-state index >= 15 is 0 Å². The zero-order chi connectivity index (χ0) is 30.6. The van der Waals surface area contributed by atoms with Gasteiger partial charge in [-0.15, -0.1) is 0 Å². The Bertz CT molecular complexity index is 1240. The van der Waals surface area contributed by atoms with Gasteiger partial charge >= 0.3 is 0 Å². The monoisotopic (exact) mass is 561 g/mol. The van der Waals surface area contributed by atoms with Gasteiger partial charge in [-0.2, -0.15) is 0 Å². The predicted octanol–water partition coefficient (Wildman–Crippen LogP) is 4.00. The molecule has 0 saturated carbocycles. The molecule has 0 spiro atoms. The van der Waals surface area contributed by atoms with Crippen LogP contribution in [0.4, 0.5) is 0 Å². The number of nitrogens with one attached hydrogen (secondary N) is 3. The van der Waals surface area contributed by atoms with Crippen molar-refractivity contribution in [1.82, 2.24) is 30.5 Å². The van der Waals surface area contributed by atoms with E-state index in [-0.39, 0.29) is 35.8 Å². The molecule has 2 aromatic rings. The number of rotatable bonds is 9. The molecule has 3 N–H and O–H groups in total. The van der Waals surface area contributed by atoms with Crippen LogP contribution in [0, 0.1) is 0 Å². The third-order valence-electron chi connectivity index (χ3n) is 4.73. The normalized spacial score (nSPS) is 12.4. The van der Waals surface area contributed by atoms with Crippen LogP contribution in [0.15, 0.2) is 78.4 Å². The fraction of sp³-hybridized carbons (Fsp3) is 0.355. The Balaban J connectivity index is 0.000000308. The molecule has 0 aliphatic carbocycles. The molecule has 1 aliphatic heterocycles. The third-order valence-corrected chi connectivity index (χ3v) is 4.73. The topological polar surface area (TPSA) is 130 Å². The molecule has 220 valence electrons. The van der Waals surface area contributed by atoms with E-state index in [1.54, 1.807) is 36.8 Å². The average molecular weight is 562 g/mol. The highest BCUT2D eigenvalue weighted by atomic mass is 16.2. The molecule has 41 heavy (non-hydrogen) atoms. The first-order valence-electron chi connectivity index (χ1n) is 13.5. The van der Waals surface area contributed by atoms with E-state index in [2.05, 4.69) is 30.9 Å². The highest BCUT2D eigenvalue weighted by Crippen LogP contribution is 2.00. The SMILES string of the molecule is CC(C)NC(=O)/C=C/C1=NC=CC1.CC(C)NC(=O)/C=C/c1ccccn1.CC(C)NC(=O)/C=C/c1nccn1C. The summed E-state index contributed by atoms with van der Waals surface area (Å²) < 4.78 is 1.85. The van der Waals surface area contributed by atoms with Crippen molar-refractivity contribution in [3.63, 3.8) is 0 Å². The van der Waals surface area contributed by atoms with E-state index in [0.717, 1.165) is 23.7 Å². The Morgan fingerprint density at radius 2 is 1.34 bits per heavy atom. The molecule has 0 aromatic carbocycles. The molecule has 3 amide bonds. The summed E-state index contributed by atoms with van der Waals surface area (Å²) in [5, 5.41) is 8.29. The number of carbonyl (C=O) groups excluding carboxylic acids is 3. The summed E-state index contributed by atoms with van der Waals surface area (Å²) in [6.45, 7) is 11.6. The lowest BCUT2D eigenvalue weighted by Gasteiger charge is -2.03. The van der Waals surface area contributed by atoms with Crippen LogP contribution in [0.1, 0.15) is 59.5 Å². The number of nitrogens with zero attached hydrogens (tertiary/aromatic N) is 4. The molecular weight excluding hydrogens is 518 g/mol. The molecule has 3 rings (SSSR count). The van der Waals surface area contributed by atoms with Gasteiger partial charge < -0.3 is 20.5 Å². The number of imidazole rings is 1. The fourth-order valence-corrected chi connectivity index (χ4v) is 2.98. The lowest BCUT2D eigenvalue weighted by atomic mass is 10.2. The molecule has 0 atom stereocenters. The van der Waals surface area contributed by atoms with Gasteiger partial charge in [-0.3, -0.25) is 24.4 Å². The Hall–Kier alpha value is -4.60. The molecule has 0 saturated heterocycles. The van der Waals surface area contributed by atoms with Crippen LogP contribution >= 0.6 is 0 Å². The summed E-state index contributed by atoms with van der Waals surface area (Å²) >= 11 is 0. The smallest absolute Gasteiger partial charge is 0.244 e. The second kappa shape index (κ2) is 19.5. The maximum atomic E-state index is 11.2. The summed E-state index contributed by atoms with van der Waals surface area (Å²) in [7, 11) is 1.88. The second-order valence-corrected chi connectivity index (χ2v) is 9.85. The number of pyridine rings is 1. The van der Waals surface area contributed by atoms with Crippen molar-refractivity contribution < 1.29 is 14.4 Å². The molecule has 1 aliphatic rings. The second-order valence-electron chi connectivity index (χ2n) is 9.85. The quantitative estimate of drug-likeness (QED) is 0.399. The minimum atomic E-state index is -0.0944. The van der Waals surface area contributed by atoms with Crippen LogP contribution < -0.4 is 16.0 Å². The van der Waals surface area contributed by atoms with Crippen molar-refractivity contribution in [2.45, 2.75) is 66.1 Å². The molecule has 0 radical (unpaired) electrons. The number of aliphatic imine (C=N–C) groups is 1. The summed E-state index contributed by atoms with van der Waals surface area (Å²) in [4.78, 5) is 45.7. The van der Waals surface area contributed by atoms with E-state index in [4.69, 9.17) is 0 Å².